The summed E-state index contributed by atoms with van der Waals surface area (Å²) in [5, 5.41) is 2.80. The minimum absolute atomic E-state index is 0.120. The van der Waals surface area contributed by atoms with Crippen molar-refractivity contribution in [2.75, 3.05) is 5.32 Å². The standard InChI is InChI=1S/C18H17N5O/c1-12-7-15(13(2)21-9-12)8-18(24)23-17-4-3-14(10-22-17)16-11-19-5-6-20-16/h3-7,9-11H,8H2,1-2H3,(H,22,23,24). The van der Waals surface area contributed by atoms with Crippen LogP contribution in [0.1, 0.15) is 16.8 Å². The molecule has 0 saturated carbocycles. The highest BCUT2D eigenvalue weighted by atomic mass is 16.1. The molecule has 1 amide bonds. The molecule has 0 bridgehead atoms. The molecule has 0 atom stereocenters. The highest BCUT2D eigenvalue weighted by Gasteiger charge is 2.09. The number of hydrogen-bond acceptors (Lipinski definition) is 5. The number of nitrogens with zero attached hydrogens (tertiary/aromatic N) is 4. The summed E-state index contributed by atoms with van der Waals surface area (Å²) in [5.74, 6) is 0.385. The van der Waals surface area contributed by atoms with Crippen molar-refractivity contribution in [2.24, 2.45) is 0 Å². The zero-order chi connectivity index (χ0) is 16.9. The fourth-order valence-electron chi connectivity index (χ4n) is 2.30. The van der Waals surface area contributed by atoms with Gasteiger partial charge >= 0.3 is 0 Å². The van der Waals surface area contributed by atoms with Gasteiger partial charge < -0.3 is 5.32 Å². The molecule has 3 heterocycles. The Morgan fingerprint density at radius 2 is 1.92 bits per heavy atom. The number of pyridine rings is 2. The van der Waals surface area contributed by atoms with Crippen molar-refractivity contribution < 1.29 is 4.79 Å². The van der Waals surface area contributed by atoms with Gasteiger partial charge in [0, 0.05) is 36.0 Å². The van der Waals surface area contributed by atoms with E-state index in [9.17, 15) is 4.79 Å². The molecule has 3 aromatic heterocycles. The predicted molar refractivity (Wildman–Crippen MR) is 91.3 cm³/mol. The van der Waals surface area contributed by atoms with Crippen LogP contribution in [0.4, 0.5) is 5.82 Å². The summed E-state index contributed by atoms with van der Waals surface area (Å²) < 4.78 is 0. The normalized spacial score (nSPS) is 10.4. The maximum Gasteiger partial charge on any atom is 0.230 e. The summed E-state index contributed by atoms with van der Waals surface area (Å²) in [6.45, 7) is 3.86. The molecule has 0 aliphatic heterocycles. The van der Waals surface area contributed by atoms with Gasteiger partial charge in [-0.15, -0.1) is 0 Å². The first-order chi connectivity index (χ1) is 11.6. The molecule has 0 saturated heterocycles. The SMILES string of the molecule is Cc1cnc(C)c(CC(=O)Nc2ccc(-c3cnccn3)cn2)c1. The number of amides is 1. The maximum absolute atomic E-state index is 12.2. The van der Waals surface area contributed by atoms with E-state index < -0.39 is 0 Å². The van der Waals surface area contributed by atoms with Gasteiger partial charge in [0.15, 0.2) is 0 Å². The van der Waals surface area contributed by atoms with Crippen LogP contribution >= 0.6 is 0 Å². The summed E-state index contributed by atoms with van der Waals surface area (Å²) in [5.41, 5.74) is 4.41. The molecular weight excluding hydrogens is 302 g/mol. The third-order valence-corrected chi connectivity index (χ3v) is 3.57. The number of carbonyl (C=O) groups is 1. The quantitative estimate of drug-likeness (QED) is 0.799. The molecule has 0 unspecified atom stereocenters. The van der Waals surface area contributed by atoms with E-state index in [2.05, 4.69) is 25.3 Å². The van der Waals surface area contributed by atoms with Gasteiger partial charge in [0.25, 0.3) is 0 Å². The van der Waals surface area contributed by atoms with Crippen LogP contribution in [0.3, 0.4) is 0 Å². The zero-order valence-electron chi connectivity index (χ0n) is 13.5. The molecule has 0 aliphatic rings. The first kappa shape index (κ1) is 15.7. The average Bonchev–Trinajstić information content (AvgIpc) is 2.59. The van der Waals surface area contributed by atoms with Crippen LogP contribution in [-0.2, 0) is 11.2 Å². The monoisotopic (exact) mass is 319 g/mol. The summed E-state index contributed by atoms with van der Waals surface area (Å²) in [6, 6.07) is 5.59. The lowest BCUT2D eigenvalue weighted by Crippen LogP contribution is -2.16. The van der Waals surface area contributed by atoms with Crippen molar-refractivity contribution in [1.29, 1.82) is 0 Å². The van der Waals surface area contributed by atoms with E-state index in [1.165, 1.54) is 0 Å². The number of aryl methyl sites for hydroxylation is 2. The second-order valence-corrected chi connectivity index (χ2v) is 5.50. The Morgan fingerprint density at radius 3 is 2.62 bits per heavy atom. The third-order valence-electron chi connectivity index (χ3n) is 3.57. The van der Waals surface area contributed by atoms with Gasteiger partial charge in [0.1, 0.15) is 5.82 Å². The molecule has 6 heteroatoms. The topological polar surface area (TPSA) is 80.7 Å². The predicted octanol–water partition coefficient (Wildman–Crippen LogP) is 2.73. The van der Waals surface area contributed by atoms with Crippen molar-refractivity contribution in [1.82, 2.24) is 19.9 Å². The van der Waals surface area contributed by atoms with Crippen LogP contribution in [0, 0.1) is 13.8 Å². The van der Waals surface area contributed by atoms with Gasteiger partial charge in [-0.2, -0.15) is 0 Å². The van der Waals surface area contributed by atoms with Gasteiger partial charge in [-0.25, -0.2) is 4.98 Å². The molecule has 0 aliphatic carbocycles. The lowest BCUT2D eigenvalue weighted by Gasteiger charge is -2.08. The van der Waals surface area contributed by atoms with Crippen LogP contribution in [0.15, 0.2) is 49.2 Å². The molecule has 3 rings (SSSR count). The third kappa shape index (κ3) is 3.78. The molecule has 1 N–H and O–H groups in total. The largest absolute Gasteiger partial charge is 0.310 e. The minimum atomic E-state index is -0.120. The summed E-state index contributed by atoms with van der Waals surface area (Å²) in [6.07, 6.45) is 8.65. The van der Waals surface area contributed by atoms with Crippen molar-refractivity contribution in [2.45, 2.75) is 20.3 Å². The molecule has 0 spiro atoms. The van der Waals surface area contributed by atoms with Crippen molar-refractivity contribution in [3.05, 3.63) is 66.0 Å². The van der Waals surface area contributed by atoms with E-state index in [0.29, 0.717) is 5.82 Å². The smallest absolute Gasteiger partial charge is 0.230 e. The van der Waals surface area contributed by atoms with Crippen LogP contribution < -0.4 is 5.32 Å². The zero-order valence-corrected chi connectivity index (χ0v) is 13.5. The molecule has 3 aromatic rings. The van der Waals surface area contributed by atoms with Gasteiger partial charge in [-0.05, 0) is 37.1 Å². The van der Waals surface area contributed by atoms with E-state index in [0.717, 1.165) is 28.1 Å². The Hall–Kier alpha value is -3.15. The van der Waals surface area contributed by atoms with E-state index in [1.807, 2.05) is 26.0 Å². The van der Waals surface area contributed by atoms with Gasteiger partial charge in [0.2, 0.25) is 5.91 Å². The van der Waals surface area contributed by atoms with E-state index in [4.69, 9.17) is 0 Å². The molecule has 6 nitrogen and oxygen atoms in total. The number of hydrogen-bond donors (Lipinski definition) is 1. The Kier molecular flexibility index (Phi) is 4.56. The van der Waals surface area contributed by atoms with E-state index in [-0.39, 0.29) is 12.3 Å². The second-order valence-electron chi connectivity index (χ2n) is 5.50. The Balaban J connectivity index is 1.67. The highest BCUT2D eigenvalue weighted by Crippen LogP contribution is 2.16. The maximum atomic E-state index is 12.2. The Labute approximate surface area is 140 Å². The van der Waals surface area contributed by atoms with E-state index in [1.54, 1.807) is 37.1 Å². The summed E-state index contributed by atoms with van der Waals surface area (Å²) in [4.78, 5) is 29.0. The first-order valence-corrected chi connectivity index (χ1v) is 7.56. The van der Waals surface area contributed by atoms with Gasteiger partial charge in [-0.3, -0.25) is 19.7 Å². The van der Waals surface area contributed by atoms with Crippen molar-refractivity contribution >= 4 is 11.7 Å². The summed E-state index contributed by atoms with van der Waals surface area (Å²) >= 11 is 0. The lowest BCUT2D eigenvalue weighted by atomic mass is 10.1. The fourth-order valence-corrected chi connectivity index (χ4v) is 2.30. The van der Waals surface area contributed by atoms with Crippen molar-refractivity contribution in [3.8, 4) is 11.3 Å². The van der Waals surface area contributed by atoms with Crippen molar-refractivity contribution in [3.63, 3.8) is 0 Å². The number of nitrogens with one attached hydrogen (secondary N) is 1. The van der Waals surface area contributed by atoms with Crippen LogP contribution in [0.5, 0.6) is 0 Å². The number of aromatic nitrogens is 4. The first-order valence-electron chi connectivity index (χ1n) is 7.56. The highest BCUT2D eigenvalue weighted by molar-refractivity contribution is 5.91. The van der Waals surface area contributed by atoms with Crippen LogP contribution in [0.2, 0.25) is 0 Å². The Morgan fingerprint density at radius 1 is 1.04 bits per heavy atom. The van der Waals surface area contributed by atoms with Gasteiger partial charge in [-0.1, -0.05) is 6.07 Å². The number of anilines is 1. The molecular formula is C18H17N5O. The number of rotatable bonds is 4. The fraction of sp³-hybridized carbons (Fsp3) is 0.167. The summed E-state index contributed by atoms with van der Waals surface area (Å²) in [7, 11) is 0. The minimum Gasteiger partial charge on any atom is -0.310 e. The van der Waals surface area contributed by atoms with Gasteiger partial charge in [0.05, 0.1) is 18.3 Å². The van der Waals surface area contributed by atoms with Crippen LogP contribution in [0.25, 0.3) is 11.3 Å². The molecule has 24 heavy (non-hydrogen) atoms. The molecule has 0 aromatic carbocycles. The molecule has 0 fully saturated rings. The Bertz CT molecular complexity index is 847. The average molecular weight is 319 g/mol. The second kappa shape index (κ2) is 6.95. The van der Waals surface area contributed by atoms with Crippen LogP contribution in [-0.4, -0.2) is 25.8 Å². The molecule has 0 radical (unpaired) electrons. The lowest BCUT2D eigenvalue weighted by molar-refractivity contribution is -0.115. The molecule has 120 valence electrons. The van der Waals surface area contributed by atoms with E-state index >= 15 is 0 Å². The number of carbonyl (C=O) groups excluding carboxylic acids is 1.